The van der Waals surface area contributed by atoms with Gasteiger partial charge in [0.25, 0.3) is 0 Å². The van der Waals surface area contributed by atoms with E-state index in [9.17, 15) is 20.4 Å². The molecule has 0 unspecified atom stereocenters. The lowest BCUT2D eigenvalue weighted by Gasteiger charge is -2.27. The number of hydrogen-bond donors (Lipinski definition) is 4. The minimum absolute atomic E-state index is 0.261. The van der Waals surface area contributed by atoms with E-state index in [1.54, 1.807) is 24.5 Å². The highest BCUT2D eigenvalue weighted by Crippen LogP contribution is 2.50. The third-order valence-corrected chi connectivity index (χ3v) is 8.77. The van der Waals surface area contributed by atoms with Gasteiger partial charge >= 0.3 is 0 Å². The minimum atomic E-state index is -0.274. The van der Waals surface area contributed by atoms with Crippen molar-refractivity contribution >= 4 is 21.8 Å². The quantitative estimate of drug-likeness (QED) is 0.155. The molecule has 1 aliphatic heterocycles. The Hall–Kier alpha value is -4.30. The lowest BCUT2D eigenvalue weighted by molar-refractivity contribution is 0.214. The lowest BCUT2D eigenvalue weighted by atomic mass is 9.92. The van der Waals surface area contributed by atoms with E-state index in [0.29, 0.717) is 50.0 Å². The Morgan fingerprint density at radius 3 is 1.91 bits per heavy atom. The van der Waals surface area contributed by atoms with Crippen molar-refractivity contribution in [2.45, 2.75) is 58.4 Å². The highest BCUT2D eigenvalue weighted by molar-refractivity contribution is 6.08. The molecule has 8 nitrogen and oxygen atoms in total. The van der Waals surface area contributed by atoms with Crippen molar-refractivity contribution in [1.82, 2.24) is 19.4 Å². The van der Waals surface area contributed by atoms with Crippen LogP contribution in [0.5, 0.6) is 23.0 Å². The van der Waals surface area contributed by atoms with E-state index in [1.165, 1.54) is 50.7 Å². The van der Waals surface area contributed by atoms with Crippen LogP contribution in [0.25, 0.3) is 44.1 Å². The van der Waals surface area contributed by atoms with Gasteiger partial charge in [0.2, 0.25) is 0 Å². The second-order valence-electron chi connectivity index (χ2n) is 12.0. The summed E-state index contributed by atoms with van der Waals surface area (Å²) in [5.41, 5.74) is 3.14. The number of aromatic nitrogens is 3. The molecule has 1 atom stereocenters. The SMILES string of the molecule is C[C@H]1CCCCCCCN(CCCn2cc(-c3c(O)c(O)cc4ncccc34)c(-c3c(O)c(O)cc4ncccc34)c2)C1. The van der Waals surface area contributed by atoms with Crippen LogP contribution in [0.1, 0.15) is 51.9 Å². The first kappa shape index (κ1) is 28.8. The average Bonchev–Trinajstić information content (AvgIpc) is 3.40. The Balaban J connectivity index is 1.42. The second-order valence-corrected chi connectivity index (χ2v) is 12.0. The van der Waals surface area contributed by atoms with Crippen LogP contribution in [-0.4, -0.2) is 59.5 Å². The van der Waals surface area contributed by atoms with Crippen LogP contribution in [-0.2, 0) is 6.54 Å². The molecule has 0 bridgehead atoms. The van der Waals surface area contributed by atoms with Crippen molar-refractivity contribution < 1.29 is 20.4 Å². The van der Waals surface area contributed by atoms with Gasteiger partial charge in [-0.3, -0.25) is 9.97 Å². The summed E-state index contributed by atoms with van der Waals surface area (Å²) in [6.45, 7) is 6.32. The number of hydrogen-bond acceptors (Lipinski definition) is 7. The molecule has 2 aromatic carbocycles. The molecule has 0 aliphatic carbocycles. The van der Waals surface area contributed by atoms with Crippen LogP contribution in [0.15, 0.2) is 61.2 Å². The first-order valence-corrected chi connectivity index (χ1v) is 15.4. The van der Waals surface area contributed by atoms with Gasteiger partial charge in [-0.2, -0.15) is 0 Å². The first-order valence-electron chi connectivity index (χ1n) is 15.4. The molecule has 3 aromatic heterocycles. The zero-order valence-electron chi connectivity index (χ0n) is 24.7. The third kappa shape index (κ3) is 5.97. The van der Waals surface area contributed by atoms with Crippen LogP contribution in [0.2, 0.25) is 0 Å². The van der Waals surface area contributed by atoms with Gasteiger partial charge in [0, 0.05) is 83.0 Å². The predicted molar refractivity (Wildman–Crippen MR) is 170 cm³/mol. The van der Waals surface area contributed by atoms with Gasteiger partial charge in [-0.15, -0.1) is 0 Å². The normalized spacial score (nSPS) is 17.0. The first-order chi connectivity index (χ1) is 20.9. The molecule has 0 saturated carbocycles. The van der Waals surface area contributed by atoms with Gasteiger partial charge in [-0.1, -0.05) is 44.7 Å². The molecule has 8 heteroatoms. The zero-order valence-corrected chi connectivity index (χ0v) is 24.7. The summed E-state index contributed by atoms with van der Waals surface area (Å²) >= 11 is 0. The Labute approximate surface area is 251 Å². The molecule has 0 radical (unpaired) electrons. The molecule has 1 aliphatic rings. The van der Waals surface area contributed by atoms with E-state index in [4.69, 9.17) is 0 Å². The lowest BCUT2D eigenvalue weighted by Crippen LogP contribution is -2.31. The number of phenolic OH excluding ortho intramolecular Hbond substituents is 4. The molecule has 0 spiro atoms. The summed E-state index contributed by atoms with van der Waals surface area (Å²) in [7, 11) is 0. The summed E-state index contributed by atoms with van der Waals surface area (Å²) in [6.07, 6.45) is 15.9. The molecule has 6 rings (SSSR count). The maximum absolute atomic E-state index is 11.2. The average molecular weight is 581 g/mol. The van der Waals surface area contributed by atoms with E-state index < -0.39 is 0 Å². The van der Waals surface area contributed by atoms with Gasteiger partial charge < -0.3 is 29.9 Å². The molecule has 1 saturated heterocycles. The van der Waals surface area contributed by atoms with Gasteiger partial charge in [-0.25, -0.2) is 0 Å². The smallest absolute Gasteiger partial charge is 0.166 e. The number of rotatable bonds is 6. The largest absolute Gasteiger partial charge is 0.504 e. The number of aromatic hydroxyl groups is 4. The van der Waals surface area contributed by atoms with Gasteiger partial charge in [0.05, 0.1) is 11.0 Å². The van der Waals surface area contributed by atoms with Crippen LogP contribution in [0, 0.1) is 5.92 Å². The predicted octanol–water partition coefficient (Wildman–Crippen LogP) is 7.42. The summed E-state index contributed by atoms with van der Waals surface area (Å²) in [4.78, 5) is 11.4. The Morgan fingerprint density at radius 1 is 0.744 bits per heavy atom. The highest BCUT2D eigenvalue weighted by atomic mass is 16.3. The fourth-order valence-corrected chi connectivity index (χ4v) is 6.64. The van der Waals surface area contributed by atoms with E-state index in [0.717, 1.165) is 32.6 Å². The molecular weight excluding hydrogens is 540 g/mol. The van der Waals surface area contributed by atoms with Gasteiger partial charge in [-0.05, 0) is 50.4 Å². The third-order valence-electron chi connectivity index (χ3n) is 8.77. The molecule has 224 valence electrons. The van der Waals surface area contributed by atoms with Crippen molar-refractivity contribution in [3.8, 4) is 45.3 Å². The molecule has 5 aromatic rings. The highest BCUT2D eigenvalue weighted by Gasteiger charge is 2.24. The molecule has 4 heterocycles. The summed E-state index contributed by atoms with van der Waals surface area (Å²) in [6, 6.07) is 10.2. The number of fused-ring (bicyclic) bond motifs is 2. The fraction of sp³-hybridized carbons (Fsp3) is 0.371. The van der Waals surface area contributed by atoms with E-state index in [2.05, 4.69) is 26.4 Å². The Kier molecular flexibility index (Phi) is 8.38. The number of phenols is 4. The van der Waals surface area contributed by atoms with Crippen molar-refractivity contribution in [3.05, 3.63) is 61.2 Å². The van der Waals surface area contributed by atoms with Crippen molar-refractivity contribution in [2.75, 3.05) is 19.6 Å². The maximum atomic E-state index is 11.2. The monoisotopic (exact) mass is 580 g/mol. The summed E-state index contributed by atoms with van der Waals surface area (Å²) in [5.74, 6) is -0.380. The van der Waals surface area contributed by atoms with Crippen LogP contribution in [0.3, 0.4) is 0 Å². The Morgan fingerprint density at radius 2 is 1.30 bits per heavy atom. The molecule has 0 amide bonds. The van der Waals surface area contributed by atoms with Crippen LogP contribution < -0.4 is 0 Å². The van der Waals surface area contributed by atoms with Crippen molar-refractivity contribution in [2.24, 2.45) is 5.92 Å². The Bertz CT molecular complexity index is 1640. The zero-order chi connectivity index (χ0) is 29.9. The fourth-order valence-electron chi connectivity index (χ4n) is 6.64. The second kappa shape index (κ2) is 12.5. The topological polar surface area (TPSA) is 115 Å². The van der Waals surface area contributed by atoms with Gasteiger partial charge in [0.1, 0.15) is 0 Å². The molecular formula is C35H40N4O4. The summed E-state index contributed by atoms with van der Waals surface area (Å²) < 4.78 is 2.08. The summed E-state index contributed by atoms with van der Waals surface area (Å²) in [5, 5.41) is 45.1. The van der Waals surface area contributed by atoms with Crippen LogP contribution >= 0.6 is 0 Å². The molecule has 1 fully saturated rings. The standard InChI is InChI=1S/C35H40N4O4/c1-23-10-5-3-2-4-6-15-38(20-23)16-9-17-39-21-26(32-24-11-7-13-36-28(24)18-30(40)34(32)42)27(22-39)33-25-12-8-14-37-29(25)19-31(41)35(33)43/h7-8,11-14,18-19,21-23,40-43H,2-6,9-10,15-17,20H2,1H3/t23-/m0/s1. The van der Waals surface area contributed by atoms with E-state index in [-0.39, 0.29) is 23.0 Å². The van der Waals surface area contributed by atoms with Crippen molar-refractivity contribution in [3.63, 3.8) is 0 Å². The van der Waals surface area contributed by atoms with E-state index in [1.807, 2.05) is 24.5 Å². The minimum Gasteiger partial charge on any atom is -0.504 e. The number of pyridine rings is 2. The number of nitrogens with zero attached hydrogens (tertiary/aromatic N) is 4. The van der Waals surface area contributed by atoms with Crippen molar-refractivity contribution in [1.29, 1.82) is 0 Å². The number of benzene rings is 2. The van der Waals surface area contributed by atoms with Crippen LogP contribution in [0.4, 0.5) is 0 Å². The molecule has 43 heavy (non-hydrogen) atoms. The van der Waals surface area contributed by atoms with Gasteiger partial charge in [0.15, 0.2) is 23.0 Å². The van der Waals surface area contributed by atoms with E-state index >= 15 is 0 Å². The molecule has 4 N–H and O–H groups in total. The number of aryl methyl sites for hydroxylation is 1. The maximum Gasteiger partial charge on any atom is 0.166 e.